The van der Waals surface area contributed by atoms with Gasteiger partial charge in [0.05, 0.1) is 11.3 Å². The van der Waals surface area contributed by atoms with Crippen LogP contribution in [0.1, 0.15) is 70.4 Å². The molecule has 47 heavy (non-hydrogen) atoms. The summed E-state index contributed by atoms with van der Waals surface area (Å²) in [6.07, 6.45) is 1.69. The minimum atomic E-state index is -0.851. The molecular formula is C33H37F2N5O5S2. The van der Waals surface area contributed by atoms with Crippen LogP contribution in [-0.2, 0) is 15.9 Å². The number of amides is 2. The number of ether oxygens (including phenoxy) is 2. The molecule has 1 aliphatic rings. The maximum Gasteiger partial charge on any atom is 0.412 e. The van der Waals surface area contributed by atoms with Crippen molar-refractivity contribution >= 4 is 61.5 Å². The molecule has 1 saturated heterocycles. The van der Waals surface area contributed by atoms with Gasteiger partial charge in [-0.1, -0.05) is 17.4 Å². The lowest BCUT2D eigenvalue weighted by Crippen LogP contribution is -2.49. The van der Waals surface area contributed by atoms with Crippen LogP contribution in [-0.4, -0.2) is 58.3 Å². The number of hydrogen-bond acceptors (Lipinski definition) is 10. The zero-order valence-corrected chi connectivity index (χ0v) is 28.7. The van der Waals surface area contributed by atoms with E-state index in [0.29, 0.717) is 18.7 Å². The number of aromatic nitrogens is 2. The number of nitrogens with zero attached hydrogens (tertiary/aromatic N) is 3. The summed E-state index contributed by atoms with van der Waals surface area (Å²) in [5.74, 6) is -2.19. The van der Waals surface area contributed by atoms with Crippen LogP contribution in [0.25, 0.3) is 20.8 Å². The average molecular weight is 686 g/mol. The van der Waals surface area contributed by atoms with Crippen molar-refractivity contribution < 1.29 is 32.6 Å². The van der Waals surface area contributed by atoms with E-state index < -0.39 is 46.4 Å². The first-order valence-corrected chi connectivity index (χ1v) is 16.9. The summed E-state index contributed by atoms with van der Waals surface area (Å²) in [6.45, 7) is 11.6. The molecule has 4 heterocycles. The summed E-state index contributed by atoms with van der Waals surface area (Å²) >= 11 is 2.25. The van der Waals surface area contributed by atoms with Crippen molar-refractivity contribution in [3.05, 3.63) is 58.7 Å². The molecule has 4 aromatic rings. The van der Waals surface area contributed by atoms with Crippen molar-refractivity contribution in [3.63, 3.8) is 0 Å². The van der Waals surface area contributed by atoms with E-state index in [9.17, 15) is 23.2 Å². The zero-order chi connectivity index (χ0) is 34.1. The van der Waals surface area contributed by atoms with Gasteiger partial charge in [0.15, 0.2) is 5.78 Å². The largest absolute Gasteiger partial charge is 0.444 e. The third-order valence-electron chi connectivity index (χ3n) is 7.03. The van der Waals surface area contributed by atoms with Gasteiger partial charge in [0.25, 0.3) is 0 Å². The Morgan fingerprint density at radius 1 is 1.02 bits per heavy atom. The number of halogens is 2. The number of thiophene rings is 1. The van der Waals surface area contributed by atoms with Gasteiger partial charge in [0, 0.05) is 42.7 Å². The quantitative estimate of drug-likeness (QED) is 0.188. The van der Waals surface area contributed by atoms with Crippen LogP contribution >= 0.6 is 22.7 Å². The monoisotopic (exact) mass is 685 g/mol. The lowest BCUT2D eigenvalue weighted by atomic mass is 10.0. The van der Waals surface area contributed by atoms with Gasteiger partial charge in [-0.15, -0.1) is 11.3 Å². The predicted molar refractivity (Wildman–Crippen MR) is 180 cm³/mol. The molecule has 0 spiro atoms. The van der Waals surface area contributed by atoms with E-state index in [1.165, 1.54) is 17.4 Å². The summed E-state index contributed by atoms with van der Waals surface area (Å²) in [7, 11) is 0. The van der Waals surface area contributed by atoms with E-state index in [2.05, 4.69) is 25.5 Å². The van der Waals surface area contributed by atoms with E-state index in [-0.39, 0.29) is 28.2 Å². The molecule has 0 unspecified atom stereocenters. The molecular weight excluding hydrogens is 649 g/mol. The van der Waals surface area contributed by atoms with E-state index in [1.807, 2.05) is 11.4 Å². The molecule has 5 rings (SSSR count). The second kappa shape index (κ2) is 13.5. The van der Waals surface area contributed by atoms with Crippen molar-refractivity contribution in [1.82, 2.24) is 15.3 Å². The van der Waals surface area contributed by atoms with E-state index in [4.69, 9.17) is 9.47 Å². The minimum absolute atomic E-state index is 0.00706. The summed E-state index contributed by atoms with van der Waals surface area (Å²) < 4.78 is 40.4. The first-order valence-electron chi connectivity index (χ1n) is 15.2. The Morgan fingerprint density at radius 2 is 1.70 bits per heavy atom. The number of nitrogens with one attached hydrogen (secondary N) is 2. The number of anilines is 2. The molecule has 0 saturated carbocycles. The highest BCUT2D eigenvalue weighted by Gasteiger charge is 2.30. The number of Topliss-reactive ketones (excluding diaryl/α,β-unsaturated/α-hetero) is 1. The number of alkyl carbamates (subject to hydrolysis) is 1. The fourth-order valence-corrected chi connectivity index (χ4v) is 7.04. The van der Waals surface area contributed by atoms with Crippen molar-refractivity contribution in [2.24, 2.45) is 0 Å². The third kappa shape index (κ3) is 8.41. The first kappa shape index (κ1) is 34.2. The number of thiazole rings is 1. The van der Waals surface area contributed by atoms with Crippen molar-refractivity contribution in [1.29, 1.82) is 0 Å². The zero-order valence-electron chi connectivity index (χ0n) is 27.0. The molecule has 0 radical (unpaired) electrons. The molecule has 1 aliphatic heterocycles. The highest BCUT2D eigenvalue weighted by Crippen LogP contribution is 2.38. The van der Waals surface area contributed by atoms with E-state index in [1.54, 1.807) is 47.7 Å². The summed E-state index contributed by atoms with van der Waals surface area (Å²) in [5, 5.41) is 8.21. The van der Waals surface area contributed by atoms with Crippen LogP contribution < -0.4 is 15.5 Å². The van der Waals surface area contributed by atoms with Crippen LogP contribution in [0.3, 0.4) is 0 Å². The molecule has 10 nitrogen and oxygen atoms in total. The van der Waals surface area contributed by atoms with Gasteiger partial charge in [-0.05, 0) is 78.0 Å². The van der Waals surface area contributed by atoms with Gasteiger partial charge in [-0.3, -0.25) is 10.1 Å². The number of hydrogen-bond donors (Lipinski definition) is 2. The Balaban J connectivity index is 1.48. The SMILES string of the molecule is CC(C)(C)OC(=O)Nc1sc(-c2c(F)cccc2F)nc1C(=O)Cc1cnc2sccc2c1N1CCC[C@H](NC(=O)OC(C)(C)C)C1. The number of piperidine rings is 1. The highest BCUT2D eigenvalue weighted by atomic mass is 32.1. The van der Waals surface area contributed by atoms with Gasteiger partial charge >= 0.3 is 12.2 Å². The van der Waals surface area contributed by atoms with Gasteiger partial charge in [0.2, 0.25) is 0 Å². The predicted octanol–water partition coefficient (Wildman–Crippen LogP) is 7.96. The van der Waals surface area contributed by atoms with Crippen LogP contribution in [0.5, 0.6) is 0 Å². The van der Waals surface area contributed by atoms with Crippen LogP contribution in [0.2, 0.25) is 0 Å². The highest BCUT2D eigenvalue weighted by molar-refractivity contribution is 7.19. The Morgan fingerprint density at radius 3 is 2.38 bits per heavy atom. The summed E-state index contributed by atoms with van der Waals surface area (Å²) in [6, 6.07) is 5.18. The molecule has 2 N–H and O–H groups in total. The number of pyridine rings is 1. The molecule has 1 fully saturated rings. The third-order valence-corrected chi connectivity index (χ3v) is 8.84. The smallest absolute Gasteiger partial charge is 0.412 e. The first-order chi connectivity index (χ1) is 22.1. The number of fused-ring (bicyclic) bond motifs is 1. The molecule has 2 amide bonds. The molecule has 0 bridgehead atoms. The Kier molecular flexibility index (Phi) is 9.83. The van der Waals surface area contributed by atoms with Crippen molar-refractivity contribution in [3.8, 4) is 10.6 Å². The van der Waals surface area contributed by atoms with E-state index >= 15 is 0 Å². The fraction of sp³-hybridized carbons (Fsp3) is 0.424. The van der Waals surface area contributed by atoms with Crippen molar-refractivity contribution in [2.75, 3.05) is 23.3 Å². The lowest BCUT2D eigenvalue weighted by Gasteiger charge is -2.36. The number of carbonyl (C=O) groups excluding carboxylic acids is 3. The average Bonchev–Trinajstić information content (AvgIpc) is 3.58. The maximum atomic E-state index is 14.8. The van der Waals surface area contributed by atoms with Gasteiger partial charge < -0.3 is 19.7 Å². The van der Waals surface area contributed by atoms with Crippen LogP contribution in [0.4, 0.5) is 29.1 Å². The minimum Gasteiger partial charge on any atom is -0.444 e. The van der Waals surface area contributed by atoms with E-state index in [0.717, 1.165) is 52.2 Å². The second-order valence-electron chi connectivity index (χ2n) is 13.2. The Hall–Kier alpha value is -4.17. The Bertz CT molecular complexity index is 1790. The van der Waals surface area contributed by atoms with Gasteiger partial charge in [-0.2, -0.15) is 0 Å². The molecule has 14 heteroatoms. The molecule has 250 valence electrons. The molecule has 1 atom stereocenters. The number of rotatable bonds is 7. The lowest BCUT2D eigenvalue weighted by molar-refractivity contribution is 0.0499. The summed E-state index contributed by atoms with van der Waals surface area (Å²) in [5.41, 5.74) is -0.613. The number of carbonyl (C=O) groups is 3. The van der Waals surface area contributed by atoms with Gasteiger partial charge in [0.1, 0.15) is 43.4 Å². The van der Waals surface area contributed by atoms with Gasteiger partial charge in [-0.25, -0.2) is 28.3 Å². The maximum absolute atomic E-state index is 14.8. The number of benzene rings is 1. The normalized spacial score (nSPS) is 15.4. The number of ketones is 1. The second-order valence-corrected chi connectivity index (χ2v) is 15.1. The van der Waals surface area contributed by atoms with Crippen LogP contribution in [0, 0.1) is 11.6 Å². The molecule has 0 aliphatic carbocycles. The summed E-state index contributed by atoms with van der Waals surface area (Å²) in [4.78, 5) is 51.1. The standard InChI is InChI=1S/C33H37F2N5O5S2/c1-32(2,3)44-30(42)37-19-9-8-13-40(17-19)26-18(16-36-27-20(26)12-14-46-27)15-23(41)25-29(39-31(43)45-33(4,5)6)47-28(38-25)24-21(34)10-7-11-22(24)35/h7,10-12,14,16,19H,8-9,13,15,17H2,1-6H3,(H,37,42)(H,39,43)/t19-/m0/s1. The van der Waals surface area contributed by atoms with Crippen LogP contribution in [0.15, 0.2) is 35.8 Å². The molecule has 3 aromatic heterocycles. The van der Waals surface area contributed by atoms with Crippen molar-refractivity contribution in [2.45, 2.75) is 78.0 Å². The fourth-order valence-electron chi connectivity index (χ4n) is 5.28. The molecule has 1 aromatic carbocycles. The Labute approximate surface area is 279 Å². The topological polar surface area (TPSA) is 123 Å².